The molecule has 86 valence electrons. The molecule has 0 bridgehead atoms. The Kier molecular flexibility index (Phi) is 3.70. The maximum Gasteiger partial charge on any atom is 0.252 e. The maximum atomic E-state index is 11.9. The van der Waals surface area contributed by atoms with Crippen molar-refractivity contribution in [2.75, 3.05) is 0 Å². The van der Waals surface area contributed by atoms with E-state index in [1.165, 1.54) is 0 Å². The summed E-state index contributed by atoms with van der Waals surface area (Å²) in [5, 5.41) is 3.05. The Bertz CT molecular complexity index is 419. The summed E-state index contributed by atoms with van der Waals surface area (Å²) in [5.41, 5.74) is 0.699. The van der Waals surface area contributed by atoms with Gasteiger partial charge in [0.15, 0.2) is 0 Å². The molecule has 2 nitrogen and oxygen atoms in total. The Morgan fingerprint density at radius 3 is 2.81 bits per heavy atom. The van der Waals surface area contributed by atoms with E-state index in [2.05, 4.69) is 44.1 Å². The Morgan fingerprint density at radius 2 is 2.25 bits per heavy atom. The summed E-state index contributed by atoms with van der Waals surface area (Å²) in [4.78, 5) is 11.9. The zero-order chi connectivity index (χ0) is 11.7. The van der Waals surface area contributed by atoms with Crippen molar-refractivity contribution in [2.45, 2.75) is 25.8 Å². The van der Waals surface area contributed by atoms with Crippen molar-refractivity contribution in [3.63, 3.8) is 0 Å². The van der Waals surface area contributed by atoms with Crippen molar-refractivity contribution in [3.05, 3.63) is 32.7 Å². The van der Waals surface area contributed by atoms with Gasteiger partial charge in [0.1, 0.15) is 0 Å². The van der Waals surface area contributed by atoms with Crippen molar-refractivity contribution in [1.29, 1.82) is 0 Å². The van der Waals surface area contributed by atoms with Crippen molar-refractivity contribution in [3.8, 4) is 0 Å². The highest BCUT2D eigenvalue weighted by Gasteiger charge is 2.36. The van der Waals surface area contributed by atoms with Crippen LogP contribution in [0.2, 0.25) is 0 Å². The van der Waals surface area contributed by atoms with Crippen LogP contribution in [-0.4, -0.2) is 11.9 Å². The first-order chi connectivity index (χ1) is 7.61. The number of nitrogens with one attached hydrogen (secondary N) is 1. The minimum absolute atomic E-state index is 0.0142. The number of halogens is 2. The molecule has 1 saturated carbocycles. The van der Waals surface area contributed by atoms with Gasteiger partial charge in [0.2, 0.25) is 0 Å². The molecule has 0 heterocycles. The van der Waals surface area contributed by atoms with Crippen LogP contribution in [0.3, 0.4) is 0 Å². The molecule has 1 aliphatic rings. The van der Waals surface area contributed by atoms with Crippen LogP contribution < -0.4 is 5.32 Å². The van der Waals surface area contributed by atoms with E-state index in [9.17, 15) is 4.79 Å². The number of hydrogen-bond acceptors (Lipinski definition) is 1. The van der Waals surface area contributed by atoms with E-state index < -0.39 is 0 Å². The molecule has 2 unspecified atom stereocenters. The number of carbonyl (C=O) groups excluding carboxylic acids is 1. The van der Waals surface area contributed by atoms with Crippen molar-refractivity contribution in [1.82, 2.24) is 5.32 Å². The third-order valence-electron chi connectivity index (χ3n) is 2.94. The second-order valence-corrected chi connectivity index (χ2v) is 5.88. The first-order valence-corrected chi connectivity index (χ1v) is 6.96. The van der Waals surface area contributed by atoms with Crippen LogP contribution in [0.4, 0.5) is 0 Å². The molecular formula is C12H13Br2NO. The maximum absolute atomic E-state index is 11.9. The fraction of sp³-hybridized carbons (Fsp3) is 0.417. The highest BCUT2D eigenvalue weighted by atomic mass is 79.9. The summed E-state index contributed by atoms with van der Waals surface area (Å²) in [5.74, 6) is 0.693. The summed E-state index contributed by atoms with van der Waals surface area (Å²) in [6.07, 6.45) is 2.27. The lowest BCUT2D eigenvalue weighted by Crippen LogP contribution is -2.27. The fourth-order valence-corrected chi connectivity index (χ4v) is 3.02. The average molecular weight is 347 g/mol. The monoisotopic (exact) mass is 345 g/mol. The van der Waals surface area contributed by atoms with Gasteiger partial charge < -0.3 is 5.32 Å². The van der Waals surface area contributed by atoms with E-state index in [4.69, 9.17) is 0 Å². The Balaban J connectivity index is 2.04. The van der Waals surface area contributed by atoms with Crippen LogP contribution in [0, 0.1) is 5.92 Å². The van der Waals surface area contributed by atoms with E-state index in [1.807, 2.05) is 18.2 Å². The van der Waals surface area contributed by atoms with Crippen molar-refractivity contribution < 1.29 is 4.79 Å². The van der Waals surface area contributed by atoms with E-state index >= 15 is 0 Å². The van der Waals surface area contributed by atoms with Gasteiger partial charge in [-0.1, -0.05) is 29.3 Å². The van der Waals surface area contributed by atoms with Crippen LogP contribution in [-0.2, 0) is 0 Å². The molecule has 1 amide bonds. The minimum Gasteiger partial charge on any atom is -0.349 e. The summed E-state index contributed by atoms with van der Waals surface area (Å²) in [6.45, 7) is 2.16. The van der Waals surface area contributed by atoms with Crippen molar-refractivity contribution in [2.24, 2.45) is 5.92 Å². The molecule has 0 aromatic heterocycles. The molecule has 2 atom stereocenters. The molecule has 0 radical (unpaired) electrons. The first kappa shape index (κ1) is 12.1. The highest BCUT2D eigenvalue weighted by molar-refractivity contribution is 9.11. The van der Waals surface area contributed by atoms with Crippen LogP contribution in [0.15, 0.2) is 27.1 Å². The Morgan fingerprint density at radius 1 is 1.50 bits per heavy atom. The van der Waals surface area contributed by atoms with E-state index in [-0.39, 0.29) is 5.91 Å². The van der Waals surface area contributed by atoms with Gasteiger partial charge >= 0.3 is 0 Å². The molecule has 1 aliphatic carbocycles. The Hall–Kier alpha value is -0.350. The fourth-order valence-electron chi connectivity index (χ4n) is 1.80. The smallest absolute Gasteiger partial charge is 0.252 e. The molecule has 1 aromatic rings. The third kappa shape index (κ3) is 2.66. The lowest BCUT2D eigenvalue weighted by molar-refractivity contribution is 0.0948. The number of benzene rings is 1. The standard InChI is InChI=1S/C12H13Br2NO/c1-2-7-5-11(7)15-12(16)9-4-3-8(13)6-10(9)14/h3-4,6-7,11H,2,5H2,1H3,(H,15,16). The van der Waals surface area contributed by atoms with E-state index in [0.717, 1.165) is 21.8 Å². The molecule has 0 saturated heterocycles. The molecule has 1 aromatic carbocycles. The second-order valence-electron chi connectivity index (χ2n) is 4.11. The number of hydrogen-bond donors (Lipinski definition) is 1. The first-order valence-electron chi connectivity index (χ1n) is 5.37. The van der Waals surface area contributed by atoms with Crippen LogP contribution >= 0.6 is 31.9 Å². The number of carbonyl (C=O) groups is 1. The zero-order valence-electron chi connectivity index (χ0n) is 8.97. The topological polar surface area (TPSA) is 29.1 Å². The van der Waals surface area contributed by atoms with Crippen LogP contribution in [0.5, 0.6) is 0 Å². The van der Waals surface area contributed by atoms with Crippen molar-refractivity contribution >= 4 is 37.8 Å². The van der Waals surface area contributed by atoms with Gasteiger partial charge in [-0.3, -0.25) is 4.79 Å². The number of amides is 1. The van der Waals surface area contributed by atoms with Gasteiger partial charge in [-0.2, -0.15) is 0 Å². The molecule has 4 heteroatoms. The van der Waals surface area contributed by atoms with Gasteiger partial charge in [0, 0.05) is 15.0 Å². The molecule has 16 heavy (non-hydrogen) atoms. The van der Waals surface area contributed by atoms with E-state index in [1.54, 1.807) is 0 Å². The molecular weight excluding hydrogens is 334 g/mol. The molecule has 0 spiro atoms. The molecule has 1 N–H and O–H groups in total. The zero-order valence-corrected chi connectivity index (χ0v) is 12.1. The summed E-state index contributed by atoms with van der Waals surface area (Å²) >= 11 is 6.77. The van der Waals surface area contributed by atoms with Gasteiger partial charge in [-0.15, -0.1) is 0 Å². The van der Waals surface area contributed by atoms with E-state index in [0.29, 0.717) is 17.5 Å². The molecule has 0 aliphatic heterocycles. The normalized spacial score (nSPS) is 22.9. The van der Waals surface area contributed by atoms with Crippen LogP contribution in [0.25, 0.3) is 0 Å². The predicted molar refractivity (Wildman–Crippen MR) is 71.5 cm³/mol. The quantitative estimate of drug-likeness (QED) is 0.887. The van der Waals surface area contributed by atoms with Gasteiger partial charge in [-0.05, 0) is 46.5 Å². The second kappa shape index (κ2) is 4.88. The molecule has 2 rings (SSSR count). The summed E-state index contributed by atoms with van der Waals surface area (Å²) in [6, 6.07) is 5.98. The van der Waals surface area contributed by atoms with Gasteiger partial charge in [0.05, 0.1) is 5.56 Å². The largest absolute Gasteiger partial charge is 0.349 e. The highest BCUT2D eigenvalue weighted by Crippen LogP contribution is 2.33. The van der Waals surface area contributed by atoms with Crippen LogP contribution in [0.1, 0.15) is 30.1 Å². The van der Waals surface area contributed by atoms with Gasteiger partial charge in [-0.25, -0.2) is 0 Å². The Labute approximate surface area is 112 Å². The SMILES string of the molecule is CCC1CC1NC(=O)c1ccc(Br)cc1Br. The molecule has 1 fully saturated rings. The third-order valence-corrected chi connectivity index (χ3v) is 4.09. The minimum atomic E-state index is 0.0142. The summed E-state index contributed by atoms with van der Waals surface area (Å²) < 4.78 is 1.79. The van der Waals surface area contributed by atoms with Gasteiger partial charge in [0.25, 0.3) is 5.91 Å². The predicted octanol–water partition coefficient (Wildman–Crippen LogP) is 3.74. The lowest BCUT2D eigenvalue weighted by atomic mass is 10.2. The number of rotatable bonds is 3. The lowest BCUT2D eigenvalue weighted by Gasteiger charge is -2.06. The average Bonchev–Trinajstić information content (AvgIpc) is 2.96. The summed E-state index contributed by atoms with van der Waals surface area (Å²) in [7, 11) is 0.